The van der Waals surface area contributed by atoms with Crippen molar-refractivity contribution in [3.8, 4) is 0 Å². The Morgan fingerprint density at radius 3 is 2.43 bits per heavy atom. The molecular formula is C20H25N3O5. The van der Waals surface area contributed by atoms with Crippen molar-refractivity contribution in [2.75, 3.05) is 6.54 Å². The van der Waals surface area contributed by atoms with E-state index in [1.807, 2.05) is 0 Å². The number of hydrogen-bond acceptors (Lipinski definition) is 4. The summed E-state index contributed by atoms with van der Waals surface area (Å²) in [5.41, 5.74) is 0.0396. The van der Waals surface area contributed by atoms with Crippen LogP contribution in [0.4, 0.5) is 4.79 Å². The van der Waals surface area contributed by atoms with Crippen molar-refractivity contribution in [1.82, 2.24) is 15.5 Å². The van der Waals surface area contributed by atoms with Crippen molar-refractivity contribution in [2.24, 2.45) is 5.92 Å². The molecule has 28 heavy (non-hydrogen) atoms. The number of urea groups is 1. The Hall–Kier alpha value is -2.90. The highest BCUT2D eigenvalue weighted by Gasteiger charge is 2.52. The summed E-state index contributed by atoms with van der Waals surface area (Å²) in [6, 6.07) is 5.62. The minimum Gasteiger partial charge on any atom is -0.478 e. The van der Waals surface area contributed by atoms with Gasteiger partial charge in [-0.15, -0.1) is 0 Å². The fourth-order valence-electron chi connectivity index (χ4n) is 3.90. The van der Waals surface area contributed by atoms with Crippen molar-refractivity contribution in [3.63, 3.8) is 0 Å². The lowest BCUT2D eigenvalue weighted by molar-refractivity contribution is -0.136. The highest BCUT2D eigenvalue weighted by atomic mass is 16.4. The standard InChI is InChI=1S/C20H25N3O5/c1-2-13-7-9-20(10-8-13)18(27)23(19(28)22-20)12-16(24)21-11-14-3-5-15(6-4-14)17(25)26/h3-6,13H,2,7-12H2,1H3,(H,21,24)(H,22,28)(H,25,26). The summed E-state index contributed by atoms with van der Waals surface area (Å²) in [6.45, 7) is 1.99. The molecule has 8 heteroatoms. The van der Waals surface area contributed by atoms with E-state index < -0.39 is 23.4 Å². The van der Waals surface area contributed by atoms with Gasteiger partial charge in [0.15, 0.2) is 0 Å². The topological polar surface area (TPSA) is 116 Å². The van der Waals surface area contributed by atoms with E-state index in [4.69, 9.17) is 5.11 Å². The third-order valence-corrected chi connectivity index (χ3v) is 5.77. The monoisotopic (exact) mass is 387 g/mol. The van der Waals surface area contributed by atoms with Gasteiger partial charge in [-0.05, 0) is 49.3 Å². The number of carbonyl (C=O) groups is 4. The Bertz CT molecular complexity index is 782. The number of carboxylic acids is 1. The molecule has 0 aromatic heterocycles. The molecule has 3 N–H and O–H groups in total. The van der Waals surface area contributed by atoms with Gasteiger partial charge in [0.05, 0.1) is 5.56 Å². The van der Waals surface area contributed by atoms with Gasteiger partial charge in [0.1, 0.15) is 12.1 Å². The average Bonchev–Trinajstić information content (AvgIpc) is 2.91. The Kier molecular flexibility index (Phi) is 5.67. The molecular weight excluding hydrogens is 362 g/mol. The van der Waals surface area contributed by atoms with Gasteiger partial charge < -0.3 is 15.7 Å². The van der Waals surface area contributed by atoms with Crippen LogP contribution in [0, 0.1) is 5.92 Å². The first-order valence-electron chi connectivity index (χ1n) is 9.57. The van der Waals surface area contributed by atoms with E-state index in [0.717, 1.165) is 29.7 Å². The maximum Gasteiger partial charge on any atom is 0.335 e. The molecule has 0 radical (unpaired) electrons. The van der Waals surface area contributed by atoms with Gasteiger partial charge >= 0.3 is 12.0 Å². The van der Waals surface area contributed by atoms with Gasteiger partial charge in [-0.3, -0.25) is 14.5 Å². The van der Waals surface area contributed by atoms with E-state index in [0.29, 0.717) is 18.8 Å². The normalized spacial score (nSPS) is 24.3. The minimum atomic E-state index is -1.02. The molecule has 1 aromatic rings. The lowest BCUT2D eigenvalue weighted by atomic mass is 9.75. The first-order chi connectivity index (χ1) is 13.3. The molecule has 150 valence electrons. The van der Waals surface area contributed by atoms with Gasteiger partial charge in [0.25, 0.3) is 5.91 Å². The molecule has 4 amide bonds. The van der Waals surface area contributed by atoms with Crippen LogP contribution in [0.1, 0.15) is 54.9 Å². The van der Waals surface area contributed by atoms with Gasteiger partial charge in [0, 0.05) is 6.54 Å². The van der Waals surface area contributed by atoms with E-state index >= 15 is 0 Å². The zero-order valence-electron chi connectivity index (χ0n) is 15.9. The number of carboxylic acid groups (broad SMARTS) is 1. The molecule has 2 aliphatic rings. The first-order valence-corrected chi connectivity index (χ1v) is 9.57. The number of nitrogens with zero attached hydrogens (tertiary/aromatic N) is 1. The molecule has 1 heterocycles. The molecule has 1 saturated heterocycles. The van der Waals surface area contributed by atoms with Crippen LogP contribution in [0.2, 0.25) is 0 Å². The van der Waals surface area contributed by atoms with Gasteiger partial charge in [-0.2, -0.15) is 0 Å². The second kappa shape index (κ2) is 8.00. The summed E-state index contributed by atoms with van der Waals surface area (Å²) >= 11 is 0. The molecule has 2 fully saturated rings. The number of carbonyl (C=O) groups excluding carboxylic acids is 3. The van der Waals surface area contributed by atoms with E-state index in [-0.39, 0.29) is 24.6 Å². The SMILES string of the molecule is CCC1CCC2(CC1)NC(=O)N(CC(=O)NCc1ccc(C(=O)O)cc1)C2=O. The lowest BCUT2D eigenvalue weighted by Gasteiger charge is -2.34. The van der Waals surface area contributed by atoms with Gasteiger partial charge in [-0.25, -0.2) is 9.59 Å². The predicted molar refractivity (Wildman–Crippen MR) is 100 cm³/mol. The van der Waals surface area contributed by atoms with E-state index in [9.17, 15) is 19.2 Å². The van der Waals surface area contributed by atoms with Crippen molar-refractivity contribution < 1.29 is 24.3 Å². The third kappa shape index (κ3) is 4.00. The highest BCUT2D eigenvalue weighted by molar-refractivity contribution is 6.09. The number of aromatic carboxylic acids is 1. The Morgan fingerprint density at radius 1 is 1.21 bits per heavy atom. The highest BCUT2D eigenvalue weighted by Crippen LogP contribution is 2.37. The fraction of sp³-hybridized carbons (Fsp3) is 0.500. The van der Waals surface area contributed by atoms with Crippen LogP contribution in [0.25, 0.3) is 0 Å². The molecule has 0 unspecified atom stereocenters. The molecule has 8 nitrogen and oxygen atoms in total. The number of amides is 4. The molecule has 1 saturated carbocycles. The summed E-state index contributed by atoms with van der Waals surface area (Å²) in [7, 11) is 0. The van der Waals surface area contributed by atoms with Crippen molar-refractivity contribution in [1.29, 1.82) is 0 Å². The summed E-state index contributed by atoms with van der Waals surface area (Å²) in [5.74, 6) is -1.19. The third-order valence-electron chi connectivity index (χ3n) is 5.77. The van der Waals surface area contributed by atoms with Gasteiger partial charge in [0.2, 0.25) is 5.91 Å². The van der Waals surface area contributed by atoms with Crippen molar-refractivity contribution in [2.45, 2.75) is 51.1 Å². The maximum atomic E-state index is 12.8. The smallest absolute Gasteiger partial charge is 0.335 e. The van der Waals surface area contributed by atoms with Crippen molar-refractivity contribution >= 4 is 23.8 Å². The van der Waals surface area contributed by atoms with Crippen molar-refractivity contribution in [3.05, 3.63) is 35.4 Å². The number of nitrogens with one attached hydrogen (secondary N) is 2. The average molecular weight is 387 g/mol. The fourth-order valence-corrected chi connectivity index (χ4v) is 3.90. The Labute approximate surface area is 163 Å². The number of hydrogen-bond donors (Lipinski definition) is 3. The number of imide groups is 1. The molecule has 1 spiro atoms. The largest absolute Gasteiger partial charge is 0.478 e. The van der Waals surface area contributed by atoms with Gasteiger partial charge in [-0.1, -0.05) is 25.5 Å². The zero-order valence-corrected chi connectivity index (χ0v) is 15.9. The van der Waals surface area contributed by atoms with Crippen LogP contribution in [0.15, 0.2) is 24.3 Å². The molecule has 1 aromatic carbocycles. The molecule has 0 bridgehead atoms. The lowest BCUT2D eigenvalue weighted by Crippen LogP contribution is -2.50. The van der Waals surface area contributed by atoms with Crippen LogP contribution < -0.4 is 10.6 Å². The van der Waals surface area contributed by atoms with Crippen LogP contribution >= 0.6 is 0 Å². The summed E-state index contributed by atoms with van der Waals surface area (Å²) < 4.78 is 0. The maximum absolute atomic E-state index is 12.8. The predicted octanol–water partition coefficient (Wildman–Crippen LogP) is 1.89. The second-order valence-corrected chi connectivity index (χ2v) is 7.53. The number of rotatable bonds is 6. The molecule has 1 aliphatic carbocycles. The summed E-state index contributed by atoms with van der Waals surface area (Å²) in [6.07, 6.45) is 4.09. The van der Waals surface area contributed by atoms with Crippen LogP contribution in [-0.2, 0) is 16.1 Å². The first kappa shape index (κ1) is 19.9. The quantitative estimate of drug-likeness (QED) is 0.645. The van der Waals surface area contributed by atoms with Crippen LogP contribution in [-0.4, -0.2) is 45.9 Å². The van der Waals surface area contributed by atoms with E-state index in [1.54, 1.807) is 12.1 Å². The van der Waals surface area contributed by atoms with Crippen LogP contribution in [0.5, 0.6) is 0 Å². The van der Waals surface area contributed by atoms with Crippen LogP contribution in [0.3, 0.4) is 0 Å². The Morgan fingerprint density at radius 2 is 1.86 bits per heavy atom. The summed E-state index contributed by atoms with van der Waals surface area (Å²) in [5, 5.41) is 14.4. The summed E-state index contributed by atoms with van der Waals surface area (Å²) in [4.78, 5) is 49.2. The molecule has 3 rings (SSSR count). The minimum absolute atomic E-state index is 0.164. The van der Waals surface area contributed by atoms with E-state index in [1.165, 1.54) is 12.1 Å². The van der Waals surface area contributed by atoms with E-state index in [2.05, 4.69) is 17.6 Å². The molecule has 0 atom stereocenters. The number of benzene rings is 1. The zero-order chi connectivity index (χ0) is 20.3. The second-order valence-electron chi connectivity index (χ2n) is 7.53. The Balaban J connectivity index is 1.54. The molecule has 1 aliphatic heterocycles.